The molecule has 0 radical (unpaired) electrons. The highest BCUT2D eigenvalue weighted by Gasteiger charge is 2.34. The van der Waals surface area contributed by atoms with Crippen LogP contribution in [-0.4, -0.2) is 25.3 Å². The number of nitro groups is 4. The topological polar surface area (TPSA) is 237 Å². The molecule has 19 nitrogen and oxygen atoms in total. The standard InChI is InChI=1S/C52H56N4O15P2/c1-11-51(7,8)35-25-45(33(3)4)49(70-72(66-40-21-13-17-36(27-40)53(57)58)67-41-22-14-18-37(28-41)54(59)60)47(26-35)48-32-44(65-52(9,10)12-2)31-46(34(5)6)50(48)71-73(68-42-23-15-19-38(29-42)55(61)62)69-43-24-16-20-39(30-43)56(63)64/h13-34H,11-12H2,1-10H3. The fourth-order valence-corrected chi connectivity index (χ4v) is 9.07. The molecule has 0 aliphatic rings. The molecule has 6 aromatic carbocycles. The van der Waals surface area contributed by atoms with Crippen molar-refractivity contribution in [2.45, 2.75) is 105 Å². The average molecular weight is 1040 g/mol. The maximum absolute atomic E-state index is 11.9. The molecule has 0 N–H and O–H groups in total. The van der Waals surface area contributed by atoms with Crippen molar-refractivity contribution in [1.29, 1.82) is 0 Å². The third-order valence-corrected chi connectivity index (χ3v) is 13.9. The van der Waals surface area contributed by atoms with Gasteiger partial charge in [0.05, 0.1) is 44.0 Å². The van der Waals surface area contributed by atoms with E-state index in [-0.39, 0.29) is 69.1 Å². The third-order valence-electron chi connectivity index (χ3n) is 11.8. The minimum atomic E-state index is -2.69. The summed E-state index contributed by atoms with van der Waals surface area (Å²) in [5.41, 5.74) is 0.764. The Bertz CT molecular complexity index is 2880. The van der Waals surface area contributed by atoms with Gasteiger partial charge in [0.2, 0.25) is 0 Å². The molecule has 21 heteroatoms. The minimum Gasteiger partial charge on any atom is -0.488 e. The van der Waals surface area contributed by atoms with Crippen molar-refractivity contribution in [1.82, 2.24) is 0 Å². The first-order valence-electron chi connectivity index (χ1n) is 23.2. The van der Waals surface area contributed by atoms with Crippen LogP contribution in [0.5, 0.6) is 40.2 Å². The number of benzene rings is 6. The van der Waals surface area contributed by atoms with E-state index in [1.807, 2.05) is 66.7 Å². The van der Waals surface area contributed by atoms with Crippen LogP contribution in [0.25, 0.3) is 11.1 Å². The highest BCUT2D eigenvalue weighted by atomic mass is 31.2. The smallest absolute Gasteiger partial charge is 0.488 e. The monoisotopic (exact) mass is 1040 g/mol. The zero-order valence-corrected chi connectivity index (χ0v) is 43.7. The highest BCUT2D eigenvalue weighted by Crippen LogP contribution is 2.55. The van der Waals surface area contributed by atoms with Crippen LogP contribution in [0, 0.1) is 40.5 Å². The summed E-state index contributed by atoms with van der Waals surface area (Å²) in [7, 11) is -5.36. The first-order chi connectivity index (χ1) is 34.5. The molecule has 0 aliphatic heterocycles. The van der Waals surface area contributed by atoms with E-state index in [4.69, 9.17) is 31.9 Å². The Hall–Kier alpha value is -7.62. The second-order valence-electron chi connectivity index (χ2n) is 18.6. The third kappa shape index (κ3) is 14.1. The average Bonchev–Trinajstić information content (AvgIpc) is 3.34. The molecule has 0 aromatic heterocycles. The predicted octanol–water partition coefficient (Wildman–Crippen LogP) is 16.0. The van der Waals surface area contributed by atoms with Crippen molar-refractivity contribution < 1.29 is 51.6 Å². The molecule has 0 bridgehead atoms. The normalized spacial score (nSPS) is 11.6. The van der Waals surface area contributed by atoms with E-state index >= 15 is 0 Å². The van der Waals surface area contributed by atoms with Gasteiger partial charge in [-0.2, -0.15) is 0 Å². The van der Waals surface area contributed by atoms with Gasteiger partial charge in [-0.25, -0.2) is 0 Å². The van der Waals surface area contributed by atoms with Crippen molar-refractivity contribution in [3.63, 3.8) is 0 Å². The lowest BCUT2D eigenvalue weighted by Crippen LogP contribution is -2.27. The molecule has 6 aromatic rings. The van der Waals surface area contributed by atoms with Gasteiger partial charge < -0.3 is 31.9 Å². The Morgan fingerprint density at radius 1 is 0.452 bits per heavy atom. The molecular weight excluding hydrogens is 983 g/mol. The quantitative estimate of drug-likeness (QED) is 0.0311. The largest absolute Gasteiger partial charge is 0.530 e. The zero-order chi connectivity index (χ0) is 53.4. The van der Waals surface area contributed by atoms with Crippen LogP contribution in [0.2, 0.25) is 0 Å². The maximum atomic E-state index is 11.9. The van der Waals surface area contributed by atoms with Crippen LogP contribution in [0.1, 0.15) is 111 Å². The first kappa shape index (κ1) is 54.7. The number of hydrogen-bond donors (Lipinski definition) is 0. The van der Waals surface area contributed by atoms with Crippen molar-refractivity contribution in [3.8, 4) is 51.4 Å². The van der Waals surface area contributed by atoms with Crippen LogP contribution < -0.4 is 31.9 Å². The molecule has 0 heterocycles. The molecule has 384 valence electrons. The van der Waals surface area contributed by atoms with Crippen LogP contribution in [0.3, 0.4) is 0 Å². The summed E-state index contributed by atoms with van der Waals surface area (Å²) >= 11 is 0. The van der Waals surface area contributed by atoms with Gasteiger partial charge in [-0.3, -0.25) is 40.5 Å². The summed E-state index contributed by atoms with van der Waals surface area (Å²) in [5.74, 6) is 0.335. The molecular formula is C52H56N4O15P2. The van der Waals surface area contributed by atoms with E-state index < -0.39 is 47.9 Å². The lowest BCUT2D eigenvalue weighted by Gasteiger charge is -2.31. The molecule has 6 rings (SSSR count). The first-order valence-corrected chi connectivity index (χ1v) is 25.4. The van der Waals surface area contributed by atoms with Gasteiger partial charge in [0.1, 0.15) is 45.8 Å². The van der Waals surface area contributed by atoms with Gasteiger partial charge in [0, 0.05) is 41.0 Å². The summed E-state index contributed by atoms with van der Waals surface area (Å²) in [6.07, 6.45) is 1.33. The van der Waals surface area contributed by atoms with E-state index in [1.54, 1.807) is 6.07 Å². The van der Waals surface area contributed by atoms with Gasteiger partial charge in [0.15, 0.2) is 0 Å². The van der Waals surface area contributed by atoms with Crippen molar-refractivity contribution in [3.05, 3.63) is 178 Å². The Labute approximate surface area is 424 Å². The lowest BCUT2D eigenvalue weighted by molar-refractivity contribution is -0.385. The Morgan fingerprint density at radius 3 is 1.11 bits per heavy atom. The number of rotatable bonds is 24. The summed E-state index contributed by atoms with van der Waals surface area (Å²) in [4.78, 5) is 45.4. The SMILES string of the molecule is CCC(C)(C)Oc1cc(-c2cc(C(C)(C)CC)cc(C(C)C)c2OP(Oc2cccc([N+](=O)[O-])c2)Oc2cccc([N+](=O)[O-])c2)c(OP(Oc2cccc([N+](=O)[O-])c2)Oc2cccc([N+](=O)[O-])c2)c(C(C)C)c1. The molecule has 0 saturated heterocycles. The maximum Gasteiger partial charge on any atom is 0.530 e. The molecule has 0 spiro atoms. The van der Waals surface area contributed by atoms with Crippen LogP contribution in [0.4, 0.5) is 22.7 Å². The summed E-state index contributed by atoms with van der Waals surface area (Å²) in [6, 6.07) is 29.3. The highest BCUT2D eigenvalue weighted by molar-refractivity contribution is 7.43. The van der Waals surface area contributed by atoms with Crippen molar-refractivity contribution in [2.75, 3.05) is 0 Å². The lowest BCUT2D eigenvalue weighted by atomic mass is 9.78. The predicted molar refractivity (Wildman–Crippen MR) is 278 cm³/mol. The second-order valence-corrected chi connectivity index (χ2v) is 20.6. The van der Waals surface area contributed by atoms with Gasteiger partial charge in [-0.05, 0) is 97.5 Å². The fraction of sp³-hybridized carbons (Fsp3) is 0.308. The molecule has 0 unspecified atom stereocenters. The Kier molecular flexibility index (Phi) is 17.5. The van der Waals surface area contributed by atoms with E-state index in [2.05, 4.69) is 20.8 Å². The zero-order valence-electron chi connectivity index (χ0n) is 41.9. The van der Waals surface area contributed by atoms with Crippen LogP contribution in [-0.2, 0) is 5.41 Å². The number of nitrogens with zero attached hydrogens (tertiary/aromatic N) is 4. The molecule has 0 saturated carbocycles. The van der Waals surface area contributed by atoms with Gasteiger partial charge in [-0.15, -0.1) is 0 Å². The summed E-state index contributed by atoms with van der Waals surface area (Å²) < 4.78 is 46.1. The van der Waals surface area contributed by atoms with Gasteiger partial charge in [0.25, 0.3) is 22.7 Å². The number of non-ortho nitro benzene ring substituents is 4. The van der Waals surface area contributed by atoms with Gasteiger partial charge in [-0.1, -0.05) is 85.7 Å². The van der Waals surface area contributed by atoms with Crippen LogP contribution >= 0.6 is 17.2 Å². The molecule has 0 fully saturated rings. The van der Waals surface area contributed by atoms with Gasteiger partial charge >= 0.3 is 17.2 Å². The molecule has 73 heavy (non-hydrogen) atoms. The number of ether oxygens (including phenoxy) is 1. The van der Waals surface area contributed by atoms with Crippen molar-refractivity contribution in [2.24, 2.45) is 0 Å². The number of hydrogen-bond acceptors (Lipinski definition) is 15. The minimum absolute atomic E-state index is 0.00286. The molecule has 0 atom stereocenters. The Balaban J connectivity index is 1.68. The van der Waals surface area contributed by atoms with E-state index in [9.17, 15) is 40.5 Å². The second kappa shape index (κ2) is 23.3. The molecule has 0 aliphatic carbocycles. The summed E-state index contributed by atoms with van der Waals surface area (Å²) in [6.45, 7) is 20.0. The Morgan fingerprint density at radius 2 is 0.795 bits per heavy atom. The van der Waals surface area contributed by atoms with Crippen molar-refractivity contribution >= 4 is 40.0 Å². The summed E-state index contributed by atoms with van der Waals surface area (Å²) in [5, 5.41) is 47.7. The van der Waals surface area contributed by atoms with Crippen LogP contribution in [0.15, 0.2) is 121 Å². The number of nitro benzene ring substituents is 4. The van der Waals surface area contributed by atoms with E-state index in [0.717, 1.165) is 5.56 Å². The van der Waals surface area contributed by atoms with E-state index in [0.29, 0.717) is 40.8 Å². The fourth-order valence-electron chi connectivity index (χ4n) is 7.00. The van der Waals surface area contributed by atoms with E-state index in [1.165, 1.54) is 97.1 Å². The molecule has 0 amide bonds.